The molecule has 1 aliphatic heterocycles. The maximum Gasteiger partial charge on any atom is 0.138 e. The van der Waals surface area contributed by atoms with E-state index in [1.54, 1.807) is 0 Å². The lowest BCUT2D eigenvalue weighted by molar-refractivity contribution is 0.141. The molecule has 1 saturated heterocycles. The Morgan fingerprint density at radius 1 is 0.705 bits per heavy atom. The van der Waals surface area contributed by atoms with E-state index in [-0.39, 0.29) is 6.10 Å². The number of aromatic nitrogens is 5. The molecule has 1 fully saturated rings. The van der Waals surface area contributed by atoms with Crippen LogP contribution in [-0.4, -0.2) is 49.3 Å². The Morgan fingerprint density at radius 3 is 1.91 bits per heavy atom. The zero-order valence-corrected chi connectivity index (χ0v) is 24.0. The second-order valence-corrected chi connectivity index (χ2v) is 11.2. The van der Waals surface area contributed by atoms with Crippen molar-refractivity contribution in [2.75, 3.05) is 18.0 Å². The highest BCUT2D eigenvalue weighted by molar-refractivity contribution is 5.97. The van der Waals surface area contributed by atoms with E-state index in [0.717, 1.165) is 55.8 Å². The maximum atomic E-state index is 9.95. The van der Waals surface area contributed by atoms with Crippen LogP contribution in [0, 0.1) is 0 Å². The molecule has 4 aromatic carbocycles. The van der Waals surface area contributed by atoms with Crippen molar-refractivity contribution < 1.29 is 5.11 Å². The Hall–Kier alpha value is -5.53. The van der Waals surface area contributed by atoms with Gasteiger partial charge in [-0.05, 0) is 46.5 Å². The van der Waals surface area contributed by atoms with Crippen LogP contribution in [0.4, 0.5) is 5.82 Å². The summed E-state index contributed by atoms with van der Waals surface area (Å²) in [5.41, 5.74) is 7.45. The van der Waals surface area contributed by atoms with Crippen LogP contribution in [0.15, 0.2) is 140 Å². The molecule has 0 radical (unpaired) electrons. The van der Waals surface area contributed by atoms with Crippen LogP contribution >= 0.6 is 0 Å². The lowest BCUT2D eigenvalue weighted by Crippen LogP contribution is -2.51. The van der Waals surface area contributed by atoms with Gasteiger partial charge in [-0.25, -0.2) is 9.67 Å². The van der Waals surface area contributed by atoms with Gasteiger partial charge in [-0.1, -0.05) is 97.1 Å². The fourth-order valence-electron chi connectivity index (χ4n) is 6.46. The second kappa shape index (κ2) is 10.6. The Morgan fingerprint density at radius 2 is 1.34 bits per heavy atom. The minimum absolute atomic E-state index is 0.318. The smallest absolute Gasteiger partial charge is 0.138 e. The van der Waals surface area contributed by atoms with Crippen molar-refractivity contribution in [1.29, 1.82) is 0 Å². The summed E-state index contributed by atoms with van der Waals surface area (Å²) in [7, 11) is 0. The number of aliphatic hydroxyl groups excluding tert-OH is 1. The zero-order valence-electron chi connectivity index (χ0n) is 24.0. The first-order valence-corrected chi connectivity index (χ1v) is 14.8. The van der Waals surface area contributed by atoms with E-state index in [1.807, 2.05) is 24.7 Å². The van der Waals surface area contributed by atoms with Crippen molar-refractivity contribution in [3.05, 3.63) is 157 Å². The monoisotopic (exact) mass is 574 g/mol. The van der Waals surface area contributed by atoms with Gasteiger partial charge in [0, 0.05) is 42.0 Å². The molecular formula is C37H30N6O. The van der Waals surface area contributed by atoms with Crippen LogP contribution in [0.3, 0.4) is 0 Å². The third kappa shape index (κ3) is 4.20. The molecule has 0 atom stereocenters. The van der Waals surface area contributed by atoms with E-state index in [0.29, 0.717) is 13.1 Å². The normalized spacial score (nSPS) is 13.7. The first kappa shape index (κ1) is 26.1. The van der Waals surface area contributed by atoms with E-state index >= 15 is 0 Å². The standard InChI is InChI=1S/C37H30N6O/c44-32-24-42(25-32)35-21-27(18-19-38-35)36-33-20-26(28-22-39-40-23-28)16-17-34(33)43(41-36)37(29-10-4-1-5-11-29,30-12-6-2-7-13-30)31-14-8-3-9-15-31/h1-23,32,44H,24-25H2,(H,39,40). The number of aliphatic hydroxyl groups is 1. The Labute approximate surface area is 255 Å². The number of benzene rings is 4. The molecule has 7 heteroatoms. The molecule has 0 amide bonds. The molecule has 8 rings (SSSR count). The Kier molecular flexibility index (Phi) is 6.31. The highest BCUT2D eigenvalue weighted by Crippen LogP contribution is 2.44. The number of nitrogens with one attached hydrogen (secondary N) is 1. The first-order valence-electron chi connectivity index (χ1n) is 14.8. The van der Waals surface area contributed by atoms with E-state index in [2.05, 4.69) is 140 Å². The van der Waals surface area contributed by atoms with Crippen molar-refractivity contribution in [3.63, 3.8) is 0 Å². The highest BCUT2D eigenvalue weighted by Gasteiger charge is 2.41. The van der Waals surface area contributed by atoms with Gasteiger partial charge in [-0.3, -0.25) is 5.10 Å². The third-order valence-electron chi connectivity index (χ3n) is 8.61. The molecular weight excluding hydrogens is 544 g/mol. The van der Waals surface area contributed by atoms with Crippen molar-refractivity contribution in [1.82, 2.24) is 25.0 Å². The molecule has 0 bridgehead atoms. The Balaban J connectivity index is 1.46. The fourth-order valence-corrected chi connectivity index (χ4v) is 6.46. The summed E-state index contributed by atoms with van der Waals surface area (Å²) in [5, 5.41) is 23.7. The van der Waals surface area contributed by atoms with Gasteiger partial charge in [0.2, 0.25) is 0 Å². The van der Waals surface area contributed by atoms with Crippen LogP contribution in [0.25, 0.3) is 33.3 Å². The van der Waals surface area contributed by atoms with Gasteiger partial charge in [-0.2, -0.15) is 10.2 Å². The van der Waals surface area contributed by atoms with Crippen molar-refractivity contribution in [2.45, 2.75) is 11.6 Å². The van der Waals surface area contributed by atoms with Crippen LogP contribution in [-0.2, 0) is 5.54 Å². The van der Waals surface area contributed by atoms with Crippen molar-refractivity contribution in [3.8, 4) is 22.4 Å². The molecule has 1 aliphatic rings. The van der Waals surface area contributed by atoms with E-state index in [9.17, 15) is 5.11 Å². The van der Waals surface area contributed by atoms with Gasteiger partial charge in [0.15, 0.2) is 0 Å². The van der Waals surface area contributed by atoms with Gasteiger partial charge in [0.05, 0.1) is 17.8 Å². The molecule has 7 aromatic rings. The van der Waals surface area contributed by atoms with Crippen LogP contribution in [0.1, 0.15) is 16.7 Å². The predicted molar refractivity (Wildman–Crippen MR) is 173 cm³/mol. The number of anilines is 1. The predicted octanol–water partition coefficient (Wildman–Crippen LogP) is 6.51. The number of aromatic amines is 1. The molecule has 0 saturated carbocycles. The molecule has 0 unspecified atom stereocenters. The number of nitrogens with zero attached hydrogens (tertiary/aromatic N) is 5. The van der Waals surface area contributed by atoms with Gasteiger partial charge < -0.3 is 10.0 Å². The van der Waals surface area contributed by atoms with E-state index < -0.39 is 5.54 Å². The molecule has 0 aliphatic carbocycles. The summed E-state index contributed by atoms with van der Waals surface area (Å²) >= 11 is 0. The third-order valence-corrected chi connectivity index (χ3v) is 8.61. The molecule has 2 N–H and O–H groups in total. The lowest BCUT2D eigenvalue weighted by Gasteiger charge is -2.37. The number of rotatable bonds is 7. The SMILES string of the molecule is OC1CN(c2cc(-c3nn(C(c4ccccc4)(c4ccccc4)c4ccccc4)c4ccc(-c5cn[nH]c5)cc34)ccn2)C1. The van der Waals surface area contributed by atoms with Crippen LogP contribution in [0.5, 0.6) is 0 Å². The minimum atomic E-state index is -0.769. The topological polar surface area (TPSA) is 82.9 Å². The number of hydrogen-bond donors (Lipinski definition) is 2. The molecule has 3 aromatic heterocycles. The average Bonchev–Trinajstić information content (AvgIpc) is 3.75. The zero-order chi connectivity index (χ0) is 29.5. The van der Waals surface area contributed by atoms with Crippen LogP contribution in [0.2, 0.25) is 0 Å². The number of pyridine rings is 1. The molecule has 214 valence electrons. The van der Waals surface area contributed by atoms with Gasteiger partial charge in [0.25, 0.3) is 0 Å². The Bertz CT molecular complexity index is 1940. The number of H-pyrrole nitrogens is 1. The highest BCUT2D eigenvalue weighted by atomic mass is 16.3. The minimum Gasteiger partial charge on any atom is -0.389 e. The van der Waals surface area contributed by atoms with Gasteiger partial charge in [-0.15, -0.1) is 0 Å². The molecule has 4 heterocycles. The van der Waals surface area contributed by atoms with E-state index in [4.69, 9.17) is 5.10 Å². The summed E-state index contributed by atoms with van der Waals surface area (Å²) in [4.78, 5) is 6.72. The summed E-state index contributed by atoms with van der Waals surface area (Å²) in [6.45, 7) is 1.16. The molecule has 0 spiro atoms. The molecule has 44 heavy (non-hydrogen) atoms. The summed E-state index contributed by atoms with van der Waals surface area (Å²) in [5.74, 6) is 0.835. The summed E-state index contributed by atoms with van der Waals surface area (Å²) in [6.07, 6.45) is 5.26. The van der Waals surface area contributed by atoms with Crippen molar-refractivity contribution in [2.24, 2.45) is 0 Å². The number of fused-ring (bicyclic) bond motifs is 1. The maximum absolute atomic E-state index is 9.95. The molecule has 7 nitrogen and oxygen atoms in total. The quantitative estimate of drug-likeness (QED) is 0.212. The number of β-amino-alcohol motifs (C(OH)–C–C–N with tert-alkyl or cyclic N) is 1. The average molecular weight is 575 g/mol. The van der Waals surface area contributed by atoms with Crippen LogP contribution < -0.4 is 4.90 Å². The van der Waals surface area contributed by atoms with Gasteiger partial charge >= 0.3 is 0 Å². The first-order chi connectivity index (χ1) is 21.7. The lowest BCUT2D eigenvalue weighted by atomic mass is 9.77. The van der Waals surface area contributed by atoms with E-state index in [1.165, 1.54) is 0 Å². The van der Waals surface area contributed by atoms with Gasteiger partial charge in [0.1, 0.15) is 17.1 Å². The largest absolute Gasteiger partial charge is 0.389 e. The van der Waals surface area contributed by atoms with Crippen molar-refractivity contribution >= 4 is 16.7 Å². The summed E-state index contributed by atoms with van der Waals surface area (Å²) < 4.78 is 2.20. The second-order valence-electron chi connectivity index (χ2n) is 11.2. The fraction of sp³-hybridized carbons (Fsp3) is 0.108. The number of hydrogen-bond acceptors (Lipinski definition) is 5. The summed E-state index contributed by atoms with van der Waals surface area (Å²) in [6, 6.07) is 42.5.